The summed E-state index contributed by atoms with van der Waals surface area (Å²) in [7, 11) is 0. The zero-order valence-electron chi connectivity index (χ0n) is 10.5. The zero-order valence-corrected chi connectivity index (χ0v) is 12.7. The molecule has 1 amide bonds. The molecular weight excluding hydrogens is 305 g/mol. The van der Waals surface area contributed by atoms with Crippen molar-refractivity contribution in [1.82, 2.24) is 5.32 Å². The molecule has 19 heavy (non-hydrogen) atoms. The molecule has 2 rings (SSSR count). The highest BCUT2D eigenvalue weighted by molar-refractivity contribution is 6.39. The lowest BCUT2D eigenvalue weighted by molar-refractivity contribution is 0.0945. The molecule has 2 atom stereocenters. The van der Waals surface area contributed by atoms with E-state index in [1.165, 1.54) is 6.42 Å². The van der Waals surface area contributed by atoms with Gasteiger partial charge in [-0.1, -0.05) is 35.7 Å². The molecule has 1 fully saturated rings. The summed E-state index contributed by atoms with van der Waals surface area (Å²) in [4.78, 5) is 12.1. The van der Waals surface area contributed by atoms with Crippen molar-refractivity contribution in [1.29, 1.82) is 0 Å². The van der Waals surface area contributed by atoms with Crippen LogP contribution < -0.4 is 5.32 Å². The van der Waals surface area contributed by atoms with Crippen LogP contribution in [0.5, 0.6) is 0 Å². The first-order chi connectivity index (χ1) is 9.13. The minimum Gasteiger partial charge on any atom is -0.352 e. The van der Waals surface area contributed by atoms with Gasteiger partial charge in [-0.2, -0.15) is 0 Å². The van der Waals surface area contributed by atoms with Crippen molar-refractivity contribution in [2.45, 2.75) is 19.3 Å². The summed E-state index contributed by atoms with van der Waals surface area (Å²) in [5.41, 5.74) is 0.353. The van der Waals surface area contributed by atoms with Crippen LogP contribution in [0.2, 0.25) is 10.0 Å². The average molecular weight is 321 g/mol. The zero-order chi connectivity index (χ0) is 13.8. The normalized spacial score (nSPS) is 22.5. The van der Waals surface area contributed by atoms with E-state index in [0.29, 0.717) is 39.9 Å². The van der Waals surface area contributed by atoms with Crippen molar-refractivity contribution in [3.8, 4) is 0 Å². The van der Waals surface area contributed by atoms with E-state index < -0.39 is 0 Å². The van der Waals surface area contributed by atoms with Crippen LogP contribution in [0, 0.1) is 11.8 Å². The van der Waals surface area contributed by atoms with Crippen LogP contribution in [0.4, 0.5) is 0 Å². The summed E-state index contributed by atoms with van der Waals surface area (Å²) in [6, 6.07) is 5.06. The van der Waals surface area contributed by atoms with Crippen LogP contribution in [0.25, 0.3) is 0 Å². The molecule has 0 aromatic heterocycles. The van der Waals surface area contributed by atoms with E-state index in [4.69, 9.17) is 34.8 Å². The van der Waals surface area contributed by atoms with E-state index in [9.17, 15) is 4.79 Å². The topological polar surface area (TPSA) is 29.1 Å². The van der Waals surface area contributed by atoms with Gasteiger partial charge in [-0.25, -0.2) is 0 Å². The SMILES string of the molecule is O=C(NCC1CCCC1CCl)c1c(Cl)cccc1Cl. The van der Waals surface area contributed by atoms with Crippen LogP contribution in [-0.4, -0.2) is 18.3 Å². The molecule has 1 aromatic rings. The van der Waals surface area contributed by atoms with E-state index in [1.807, 2.05) is 0 Å². The molecule has 104 valence electrons. The second-order valence-corrected chi connectivity index (χ2v) is 6.04. The molecule has 1 aliphatic carbocycles. The van der Waals surface area contributed by atoms with Gasteiger partial charge in [0.05, 0.1) is 15.6 Å². The minimum absolute atomic E-state index is 0.212. The Labute approximate surface area is 128 Å². The van der Waals surface area contributed by atoms with Crippen molar-refractivity contribution in [3.63, 3.8) is 0 Å². The summed E-state index contributed by atoms with van der Waals surface area (Å²) in [6.07, 6.45) is 3.45. The molecule has 1 aliphatic rings. The van der Waals surface area contributed by atoms with Crippen LogP contribution in [0.1, 0.15) is 29.6 Å². The molecule has 0 radical (unpaired) electrons. The summed E-state index contributed by atoms with van der Waals surface area (Å²) in [5, 5.41) is 3.68. The fraction of sp³-hybridized carbons (Fsp3) is 0.500. The maximum Gasteiger partial charge on any atom is 0.254 e. The van der Waals surface area contributed by atoms with Gasteiger partial charge >= 0.3 is 0 Å². The summed E-state index contributed by atoms with van der Waals surface area (Å²) < 4.78 is 0. The predicted molar refractivity (Wildman–Crippen MR) is 80.3 cm³/mol. The highest BCUT2D eigenvalue weighted by atomic mass is 35.5. The predicted octanol–water partition coefficient (Wildman–Crippen LogP) is 4.38. The van der Waals surface area contributed by atoms with Gasteiger partial charge in [-0.05, 0) is 36.8 Å². The number of halogens is 3. The van der Waals surface area contributed by atoms with E-state index in [2.05, 4.69) is 5.32 Å². The molecule has 2 nitrogen and oxygen atoms in total. The lowest BCUT2D eigenvalue weighted by Crippen LogP contribution is -2.31. The van der Waals surface area contributed by atoms with E-state index in [0.717, 1.165) is 12.8 Å². The van der Waals surface area contributed by atoms with Gasteiger partial charge in [0, 0.05) is 12.4 Å². The Morgan fingerprint density at radius 3 is 2.47 bits per heavy atom. The van der Waals surface area contributed by atoms with Crippen LogP contribution in [0.15, 0.2) is 18.2 Å². The Kier molecular flexibility index (Phi) is 5.37. The van der Waals surface area contributed by atoms with E-state index in [-0.39, 0.29) is 5.91 Å². The number of rotatable bonds is 4. The van der Waals surface area contributed by atoms with Crippen LogP contribution in [-0.2, 0) is 0 Å². The highest BCUT2D eigenvalue weighted by Crippen LogP contribution is 2.32. The third-order valence-electron chi connectivity index (χ3n) is 3.73. The summed E-state index contributed by atoms with van der Waals surface area (Å²) in [6.45, 7) is 0.637. The number of alkyl halides is 1. The Morgan fingerprint density at radius 1 is 1.21 bits per heavy atom. The quantitative estimate of drug-likeness (QED) is 0.820. The number of benzene rings is 1. The van der Waals surface area contributed by atoms with Crippen molar-refractivity contribution < 1.29 is 4.79 Å². The number of nitrogens with one attached hydrogen (secondary N) is 1. The standard InChI is InChI=1S/C14H16Cl3NO/c15-7-9-3-1-4-10(9)8-18-14(19)13-11(16)5-2-6-12(13)17/h2,5-6,9-10H,1,3-4,7-8H2,(H,18,19). The molecule has 2 unspecified atom stereocenters. The van der Waals surface area contributed by atoms with Gasteiger partial charge in [0.15, 0.2) is 0 Å². The first-order valence-corrected chi connectivity index (χ1v) is 7.70. The van der Waals surface area contributed by atoms with Gasteiger partial charge in [-0.15, -0.1) is 11.6 Å². The fourth-order valence-corrected chi connectivity index (χ4v) is 3.59. The second-order valence-electron chi connectivity index (χ2n) is 4.91. The molecule has 0 saturated heterocycles. The Balaban J connectivity index is 1.98. The number of carbonyl (C=O) groups excluding carboxylic acids is 1. The largest absolute Gasteiger partial charge is 0.352 e. The number of hydrogen-bond donors (Lipinski definition) is 1. The Hall–Kier alpha value is -0.440. The minimum atomic E-state index is -0.212. The van der Waals surface area contributed by atoms with Gasteiger partial charge in [0.25, 0.3) is 5.91 Å². The molecule has 0 heterocycles. The first-order valence-electron chi connectivity index (χ1n) is 6.41. The van der Waals surface area contributed by atoms with Crippen LogP contribution in [0.3, 0.4) is 0 Å². The van der Waals surface area contributed by atoms with Gasteiger partial charge < -0.3 is 5.32 Å². The first kappa shape index (κ1) is 15.0. The highest BCUT2D eigenvalue weighted by Gasteiger charge is 2.27. The molecule has 0 bridgehead atoms. The van der Waals surface area contributed by atoms with Gasteiger partial charge in [0.1, 0.15) is 0 Å². The third kappa shape index (κ3) is 3.56. The second kappa shape index (κ2) is 6.83. The molecule has 1 saturated carbocycles. The molecule has 5 heteroatoms. The van der Waals surface area contributed by atoms with Crippen molar-refractivity contribution in [2.24, 2.45) is 11.8 Å². The molecule has 1 aromatic carbocycles. The van der Waals surface area contributed by atoms with Crippen molar-refractivity contribution >= 4 is 40.7 Å². The monoisotopic (exact) mass is 319 g/mol. The molecule has 0 aliphatic heterocycles. The Morgan fingerprint density at radius 2 is 1.84 bits per heavy atom. The maximum absolute atomic E-state index is 12.1. The fourth-order valence-electron chi connectivity index (χ4n) is 2.61. The summed E-state index contributed by atoms with van der Waals surface area (Å²) >= 11 is 17.9. The molecule has 0 spiro atoms. The lowest BCUT2D eigenvalue weighted by atomic mass is 9.98. The van der Waals surface area contributed by atoms with Crippen LogP contribution >= 0.6 is 34.8 Å². The van der Waals surface area contributed by atoms with E-state index >= 15 is 0 Å². The third-order valence-corrected chi connectivity index (χ3v) is 4.76. The van der Waals surface area contributed by atoms with E-state index in [1.54, 1.807) is 18.2 Å². The smallest absolute Gasteiger partial charge is 0.254 e. The average Bonchev–Trinajstić information content (AvgIpc) is 2.83. The number of hydrogen-bond acceptors (Lipinski definition) is 1. The van der Waals surface area contributed by atoms with Crippen molar-refractivity contribution in [3.05, 3.63) is 33.8 Å². The summed E-state index contributed by atoms with van der Waals surface area (Å²) in [5.74, 6) is 1.41. The maximum atomic E-state index is 12.1. The number of carbonyl (C=O) groups is 1. The Bertz CT molecular complexity index is 444. The van der Waals surface area contributed by atoms with Crippen molar-refractivity contribution in [2.75, 3.05) is 12.4 Å². The van der Waals surface area contributed by atoms with Gasteiger partial charge in [-0.3, -0.25) is 4.79 Å². The molecular formula is C14H16Cl3NO. The molecule has 1 N–H and O–H groups in total. The van der Waals surface area contributed by atoms with Gasteiger partial charge in [0.2, 0.25) is 0 Å². The number of amides is 1. The lowest BCUT2D eigenvalue weighted by Gasteiger charge is -2.18.